The van der Waals surface area contributed by atoms with Crippen molar-refractivity contribution < 1.29 is 14.3 Å². The second kappa shape index (κ2) is 8.84. The summed E-state index contributed by atoms with van der Waals surface area (Å²) in [6.45, 7) is 6.13. The molecule has 2 aromatic rings. The van der Waals surface area contributed by atoms with Crippen LogP contribution in [0.4, 0.5) is 4.39 Å². The molecule has 0 unspecified atom stereocenters. The highest BCUT2D eigenvalue weighted by Crippen LogP contribution is 2.24. The molecule has 1 heterocycles. The number of nitrogens with one attached hydrogen (secondary N) is 1. The first-order chi connectivity index (χ1) is 13.4. The first kappa shape index (κ1) is 20.5. The fraction of sp³-hybridized carbons (Fsp3) is 0.435. The number of hydrogen-bond acceptors (Lipinski definition) is 3. The Morgan fingerprint density at radius 1 is 1.18 bits per heavy atom. The topological polar surface area (TPSA) is 52.6 Å². The minimum atomic E-state index is -1.38. The number of benzene rings is 2. The van der Waals surface area contributed by atoms with Crippen LogP contribution in [-0.4, -0.2) is 41.1 Å². The van der Waals surface area contributed by atoms with Crippen molar-refractivity contribution in [3.05, 3.63) is 70.5 Å². The van der Waals surface area contributed by atoms with Gasteiger partial charge in [-0.3, -0.25) is 4.79 Å². The first-order valence-corrected chi connectivity index (χ1v) is 9.90. The van der Waals surface area contributed by atoms with E-state index in [9.17, 15) is 14.3 Å². The van der Waals surface area contributed by atoms with Gasteiger partial charge in [0.1, 0.15) is 5.82 Å². The molecule has 2 aromatic carbocycles. The second-order valence-corrected chi connectivity index (χ2v) is 7.85. The van der Waals surface area contributed by atoms with E-state index < -0.39 is 5.60 Å². The summed E-state index contributed by atoms with van der Waals surface area (Å²) in [6, 6.07) is 12.6. The molecule has 3 rings (SSSR count). The number of carbonyl (C=O) groups excluding carboxylic acids is 1. The predicted molar refractivity (Wildman–Crippen MR) is 108 cm³/mol. The molecule has 1 fully saturated rings. The molecule has 0 aromatic heterocycles. The van der Waals surface area contributed by atoms with E-state index >= 15 is 0 Å². The van der Waals surface area contributed by atoms with Gasteiger partial charge in [-0.2, -0.15) is 0 Å². The van der Waals surface area contributed by atoms with Crippen molar-refractivity contribution in [3.63, 3.8) is 0 Å². The summed E-state index contributed by atoms with van der Waals surface area (Å²) in [5.41, 5.74) is 3.26. The molecule has 1 amide bonds. The van der Waals surface area contributed by atoms with Gasteiger partial charge in [-0.25, -0.2) is 4.39 Å². The normalized spacial score (nSPS) is 19.9. The third kappa shape index (κ3) is 4.97. The maximum Gasteiger partial charge on any atom is 0.256 e. The van der Waals surface area contributed by atoms with Crippen LogP contribution in [0.2, 0.25) is 0 Å². The van der Waals surface area contributed by atoms with Crippen LogP contribution in [0.15, 0.2) is 42.5 Å². The third-order valence-corrected chi connectivity index (χ3v) is 5.48. The SMILES string of the molecule is Cc1ccc(C)c(CCNC[C@@]2(O)CCCN(Cc3ccc(F)cc3)C2=O)c1. The molecule has 1 aliphatic rings. The van der Waals surface area contributed by atoms with Crippen molar-refractivity contribution in [1.82, 2.24) is 10.2 Å². The molecule has 0 bridgehead atoms. The standard InChI is InChI=1S/C23H29FN2O2/c1-17-4-5-18(2)20(14-17)10-12-25-16-23(28)11-3-13-26(22(23)27)15-19-6-8-21(24)9-7-19/h4-9,14,25,28H,3,10-13,15-16H2,1-2H3/t23-/m0/s1. The van der Waals surface area contributed by atoms with Gasteiger partial charge < -0.3 is 15.3 Å². The van der Waals surface area contributed by atoms with Crippen LogP contribution in [0.1, 0.15) is 35.1 Å². The number of piperidine rings is 1. The molecule has 0 spiro atoms. The van der Waals surface area contributed by atoms with Gasteiger partial charge in [-0.1, -0.05) is 35.9 Å². The number of hydrogen-bond donors (Lipinski definition) is 2. The second-order valence-electron chi connectivity index (χ2n) is 7.85. The molecule has 0 radical (unpaired) electrons. The minimum Gasteiger partial charge on any atom is -0.379 e. The van der Waals surface area contributed by atoms with E-state index in [1.807, 2.05) is 0 Å². The summed E-state index contributed by atoms with van der Waals surface area (Å²) >= 11 is 0. The van der Waals surface area contributed by atoms with Crippen molar-refractivity contribution in [2.75, 3.05) is 19.6 Å². The average Bonchev–Trinajstić information content (AvgIpc) is 2.67. The van der Waals surface area contributed by atoms with Crippen molar-refractivity contribution in [2.45, 2.75) is 45.3 Å². The maximum atomic E-state index is 13.1. The van der Waals surface area contributed by atoms with Crippen LogP contribution < -0.4 is 5.32 Å². The summed E-state index contributed by atoms with van der Waals surface area (Å²) in [4.78, 5) is 14.5. The van der Waals surface area contributed by atoms with Crippen molar-refractivity contribution >= 4 is 5.91 Å². The van der Waals surface area contributed by atoms with E-state index in [1.165, 1.54) is 28.8 Å². The molecule has 1 atom stereocenters. The van der Waals surface area contributed by atoms with E-state index in [0.717, 1.165) is 18.4 Å². The van der Waals surface area contributed by atoms with Gasteiger partial charge in [0.15, 0.2) is 5.60 Å². The van der Waals surface area contributed by atoms with E-state index in [4.69, 9.17) is 0 Å². The predicted octanol–water partition coefficient (Wildman–Crippen LogP) is 3.13. The molecule has 2 N–H and O–H groups in total. The summed E-state index contributed by atoms with van der Waals surface area (Å²) in [5.74, 6) is -0.541. The van der Waals surface area contributed by atoms with Crippen LogP contribution in [0, 0.1) is 19.7 Å². The van der Waals surface area contributed by atoms with Gasteiger partial charge in [-0.15, -0.1) is 0 Å². The van der Waals surface area contributed by atoms with E-state index in [2.05, 4.69) is 37.4 Å². The summed E-state index contributed by atoms with van der Waals surface area (Å²) < 4.78 is 13.1. The number of likely N-dealkylation sites (tertiary alicyclic amines) is 1. The Morgan fingerprint density at radius 2 is 1.93 bits per heavy atom. The fourth-order valence-electron chi connectivity index (χ4n) is 3.78. The zero-order valence-corrected chi connectivity index (χ0v) is 16.7. The van der Waals surface area contributed by atoms with Gasteiger partial charge in [0, 0.05) is 19.6 Å². The van der Waals surface area contributed by atoms with Gasteiger partial charge in [0.2, 0.25) is 0 Å². The third-order valence-electron chi connectivity index (χ3n) is 5.48. The van der Waals surface area contributed by atoms with Crippen LogP contribution in [0.25, 0.3) is 0 Å². The zero-order chi connectivity index (χ0) is 20.1. The molecule has 1 saturated heterocycles. The Kier molecular flexibility index (Phi) is 6.47. The fourth-order valence-corrected chi connectivity index (χ4v) is 3.78. The molecule has 28 heavy (non-hydrogen) atoms. The van der Waals surface area contributed by atoms with E-state index in [0.29, 0.717) is 26.1 Å². The molecule has 150 valence electrons. The smallest absolute Gasteiger partial charge is 0.256 e. The van der Waals surface area contributed by atoms with Gasteiger partial charge in [0.05, 0.1) is 0 Å². The lowest BCUT2D eigenvalue weighted by Gasteiger charge is -2.38. The van der Waals surface area contributed by atoms with Crippen molar-refractivity contribution in [1.29, 1.82) is 0 Å². The molecule has 5 heteroatoms. The Morgan fingerprint density at radius 3 is 2.68 bits per heavy atom. The largest absolute Gasteiger partial charge is 0.379 e. The van der Waals surface area contributed by atoms with Crippen molar-refractivity contribution in [2.24, 2.45) is 0 Å². The van der Waals surface area contributed by atoms with Gasteiger partial charge in [-0.05, 0) is 68.5 Å². The number of carbonyl (C=O) groups is 1. The summed E-state index contributed by atoms with van der Waals surface area (Å²) in [7, 11) is 0. The monoisotopic (exact) mass is 384 g/mol. The number of halogens is 1. The molecular formula is C23H29FN2O2. The van der Waals surface area contributed by atoms with Crippen LogP contribution in [0.3, 0.4) is 0 Å². The number of nitrogens with zero attached hydrogens (tertiary/aromatic N) is 1. The summed E-state index contributed by atoms with van der Waals surface area (Å²) in [5, 5.41) is 14.2. The lowest BCUT2D eigenvalue weighted by atomic mass is 9.91. The number of aliphatic hydroxyl groups is 1. The molecule has 4 nitrogen and oxygen atoms in total. The lowest BCUT2D eigenvalue weighted by molar-refractivity contribution is -0.157. The highest BCUT2D eigenvalue weighted by Gasteiger charge is 2.41. The minimum absolute atomic E-state index is 0.247. The van der Waals surface area contributed by atoms with Gasteiger partial charge in [0.25, 0.3) is 5.91 Å². The van der Waals surface area contributed by atoms with Crippen LogP contribution >= 0.6 is 0 Å². The van der Waals surface area contributed by atoms with Crippen molar-refractivity contribution in [3.8, 4) is 0 Å². The average molecular weight is 384 g/mol. The highest BCUT2D eigenvalue weighted by molar-refractivity contribution is 5.86. The Balaban J connectivity index is 1.54. The number of aryl methyl sites for hydroxylation is 2. The Bertz CT molecular complexity index is 822. The first-order valence-electron chi connectivity index (χ1n) is 9.90. The number of rotatable bonds is 7. The molecular weight excluding hydrogens is 355 g/mol. The van der Waals surface area contributed by atoms with E-state index in [1.54, 1.807) is 17.0 Å². The zero-order valence-electron chi connectivity index (χ0n) is 16.7. The number of amides is 1. The lowest BCUT2D eigenvalue weighted by Crippen LogP contribution is -2.57. The maximum absolute atomic E-state index is 13.1. The molecule has 0 aliphatic carbocycles. The van der Waals surface area contributed by atoms with E-state index in [-0.39, 0.29) is 18.3 Å². The Labute approximate surface area is 166 Å². The van der Waals surface area contributed by atoms with Crippen LogP contribution in [0.5, 0.6) is 0 Å². The quantitative estimate of drug-likeness (QED) is 0.721. The molecule has 0 saturated carbocycles. The van der Waals surface area contributed by atoms with Gasteiger partial charge >= 0.3 is 0 Å². The summed E-state index contributed by atoms with van der Waals surface area (Å²) in [6.07, 6.45) is 2.07. The van der Waals surface area contributed by atoms with Crippen LogP contribution in [-0.2, 0) is 17.8 Å². The Hall–Kier alpha value is -2.24. The molecule has 1 aliphatic heterocycles. The highest BCUT2D eigenvalue weighted by atomic mass is 19.1.